The summed E-state index contributed by atoms with van der Waals surface area (Å²) in [5.74, 6) is -0.127. The maximum atomic E-state index is 14.0. The summed E-state index contributed by atoms with van der Waals surface area (Å²) in [5.41, 5.74) is 4.29. The normalized spacial score (nSPS) is 10.9. The second kappa shape index (κ2) is 13.1. The van der Waals surface area contributed by atoms with Gasteiger partial charge in [0.15, 0.2) is 0 Å². The number of para-hydroxylation sites is 1. The molecule has 0 aliphatic rings. The van der Waals surface area contributed by atoms with Gasteiger partial charge in [-0.05, 0) is 60.0 Å². The number of H-pyrrole nitrogens is 1. The lowest BCUT2D eigenvalue weighted by molar-refractivity contribution is -0.384. The van der Waals surface area contributed by atoms with Crippen molar-refractivity contribution in [1.29, 1.82) is 0 Å². The molecule has 3 aromatic carbocycles. The number of rotatable bonds is 12. The molecule has 0 bridgehead atoms. The molecule has 0 spiro atoms. The van der Waals surface area contributed by atoms with Crippen LogP contribution in [0, 0.1) is 10.1 Å². The fourth-order valence-corrected chi connectivity index (χ4v) is 4.97. The smallest absolute Gasteiger partial charge is 0.269 e. The highest BCUT2D eigenvalue weighted by molar-refractivity contribution is 5.96. The Kier molecular flexibility index (Phi) is 8.85. The van der Waals surface area contributed by atoms with E-state index in [4.69, 9.17) is 4.42 Å². The van der Waals surface area contributed by atoms with Crippen molar-refractivity contribution in [3.63, 3.8) is 0 Å². The number of aromatic nitrogens is 1. The van der Waals surface area contributed by atoms with E-state index in [1.807, 2.05) is 67.7 Å². The van der Waals surface area contributed by atoms with Crippen LogP contribution in [0.25, 0.3) is 10.9 Å². The van der Waals surface area contributed by atoms with E-state index in [0.29, 0.717) is 25.3 Å². The molecule has 2 heterocycles. The Hall–Kier alpha value is -5.38. The highest BCUT2D eigenvalue weighted by Crippen LogP contribution is 2.21. The number of non-ortho nitro benzene ring substituents is 1. The molecule has 2 aromatic heterocycles. The summed E-state index contributed by atoms with van der Waals surface area (Å²) in [6, 6.07) is 24.9. The van der Waals surface area contributed by atoms with Crippen LogP contribution in [0.5, 0.6) is 0 Å². The van der Waals surface area contributed by atoms with Gasteiger partial charge in [0.25, 0.3) is 11.6 Å². The minimum absolute atomic E-state index is 0.0718. The largest absolute Gasteiger partial charge is 0.467 e. The number of hydrogen-bond acceptors (Lipinski definition) is 6. The zero-order valence-corrected chi connectivity index (χ0v) is 24.1. The molecule has 2 amide bonds. The fourth-order valence-electron chi connectivity index (χ4n) is 4.97. The van der Waals surface area contributed by atoms with Gasteiger partial charge in [-0.1, -0.05) is 30.3 Å². The minimum Gasteiger partial charge on any atom is -0.467 e. The lowest BCUT2D eigenvalue weighted by atomic mass is 10.1. The average molecular weight is 580 g/mol. The number of carbonyl (C=O) groups is 2. The average Bonchev–Trinajstić information content (AvgIpc) is 3.69. The van der Waals surface area contributed by atoms with Crippen LogP contribution in [-0.2, 0) is 24.3 Å². The number of nitro groups is 1. The molecule has 0 unspecified atom stereocenters. The van der Waals surface area contributed by atoms with E-state index in [9.17, 15) is 19.7 Å². The van der Waals surface area contributed by atoms with Crippen molar-refractivity contribution >= 4 is 34.1 Å². The Balaban J connectivity index is 1.39. The molecule has 0 aliphatic heterocycles. The third kappa shape index (κ3) is 7.10. The Morgan fingerprint density at radius 2 is 1.63 bits per heavy atom. The van der Waals surface area contributed by atoms with E-state index >= 15 is 0 Å². The number of furan rings is 1. The molecular weight excluding hydrogens is 546 g/mol. The number of nitro benzene ring substituents is 1. The number of carbonyl (C=O) groups excluding carboxylic acids is 2. The molecule has 0 saturated heterocycles. The number of hydrogen-bond donors (Lipinski definition) is 1. The van der Waals surface area contributed by atoms with E-state index in [0.717, 1.165) is 27.7 Å². The van der Waals surface area contributed by atoms with Crippen LogP contribution in [0.2, 0.25) is 0 Å². The quantitative estimate of drug-likeness (QED) is 0.151. The van der Waals surface area contributed by atoms with Gasteiger partial charge in [-0.3, -0.25) is 19.7 Å². The third-order valence-corrected chi connectivity index (χ3v) is 7.37. The van der Waals surface area contributed by atoms with Gasteiger partial charge in [0.05, 0.1) is 17.7 Å². The first-order valence-corrected chi connectivity index (χ1v) is 13.9. The van der Waals surface area contributed by atoms with Crippen molar-refractivity contribution in [2.24, 2.45) is 0 Å². The van der Waals surface area contributed by atoms with E-state index in [1.165, 1.54) is 35.4 Å². The molecule has 5 rings (SSSR count). The molecule has 10 nitrogen and oxygen atoms in total. The Labute approximate surface area is 249 Å². The van der Waals surface area contributed by atoms with Gasteiger partial charge in [-0.25, -0.2) is 0 Å². The molecule has 0 fully saturated rings. The van der Waals surface area contributed by atoms with Gasteiger partial charge in [-0.2, -0.15) is 0 Å². The van der Waals surface area contributed by atoms with Crippen molar-refractivity contribution in [3.05, 3.63) is 130 Å². The minimum atomic E-state index is -0.519. The lowest BCUT2D eigenvalue weighted by Gasteiger charge is -2.28. The molecule has 43 heavy (non-hydrogen) atoms. The highest BCUT2D eigenvalue weighted by atomic mass is 16.6. The summed E-state index contributed by atoms with van der Waals surface area (Å²) in [7, 11) is 3.95. The third-order valence-electron chi connectivity index (χ3n) is 7.37. The number of anilines is 1. The summed E-state index contributed by atoms with van der Waals surface area (Å²) >= 11 is 0. The van der Waals surface area contributed by atoms with Crippen LogP contribution < -0.4 is 4.90 Å². The van der Waals surface area contributed by atoms with Crippen molar-refractivity contribution in [3.8, 4) is 0 Å². The summed E-state index contributed by atoms with van der Waals surface area (Å²) in [4.78, 5) is 46.6. The van der Waals surface area contributed by atoms with Gasteiger partial charge in [0.1, 0.15) is 12.3 Å². The number of benzene rings is 3. The zero-order chi connectivity index (χ0) is 30.3. The van der Waals surface area contributed by atoms with E-state index in [1.54, 1.807) is 17.0 Å². The van der Waals surface area contributed by atoms with E-state index in [2.05, 4.69) is 11.1 Å². The SMILES string of the molecule is CN(C)c1ccc(CN(CCc2c[nH]c3ccccc23)C(=O)CN(Cc2ccco2)C(=O)c2ccc([N+](=O)[O-])cc2)cc1. The summed E-state index contributed by atoms with van der Waals surface area (Å²) in [6.45, 7) is 0.689. The van der Waals surface area contributed by atoms with Crippen LogP contribution >= 0.6 is 0 Å². The lowest BCUT2D eigenvalue weighted by Crippen LogP contribution is -2.43. The van der Waals surface area contributed by atoms with Gasteiger partial charge in [0, 0.05) is 67.7 Å². The second-order valence-corrected chi connectivity index (χ2v) is 10.5. The van der Waals surface area contributed by atoms with E-state index in [-0.39, 0.29) is 30.2 Å². The predicted octanol–water partition coefficient (Wildman–Crippen LogP) is 5.65. The number of nitrogens with zero attached hydrogens (tertiary/aromatic N) is 4. The molecule has 1 N–H and O–H groups in total. The number of fused-ring (bicyclic) bond motifs is 1. The molecule has 10 heteroatoms. The maximum Gasteiger partial charge on any atom is 0.269 e. The monoisotopic (exact) mass is 579 g/mol. The van der Waals surface area contributed by atoms with Gasteiger partial charge >= 0.3 is 0 Å². The summed E-state index contributed by atoms with van der Waals surface area (Å²) in [5, 5.41) is 12.2. The summed E-state index contributed by atoms with van der Waals surface area (Å²) < 4.78 is 5.49. The zero-order valence-electron chi connectivity index (χ0n) is 24.1. The molecular formula is C33H33N5O5. The van der Waals surface area contributed by atoms with E-state index < -0.39 is 10.8 Å². The predicted molar refractivity (Wildman–Crippen MR) is 165 cm³/mol. The molecule has 0 atom stereocenters. The molecule has 5 aromatic rings. The first-order valence-electron chi connectivity index (χ1n) is 13.9. The molecule has 0 radical (unpaired) electrons. The molecule has 0 aliphatic carbocycles. The van der Waals surface area contributed by atoms with Crippen LogP contribution in [-0.4, -0.2) is 58.7 Å². The summed E-state index contributed by atoms with van der Waals surface area (Å²) in [6.07, 6.45) is 4.11. The van der Waals surface area contributed by atoms with Crippen molar-refractivity contribution in [2.45, 2.75) is 19.5 Å². The molecule has 220 valence electrons. The second-order valence-electron chi connectivity index (χ2n) is 10.5. The van der Waals surface area contributed by atoms with Crippen LogP contribution in [0.3, 0.4) is 0 Å². The number of amides is 2. The Morgan fingerprint density at radius 3 is 2.30 bits per heavy atom. The molecule has 0 saturated carbocycles. The van der Waals surface area contributed by atoms with Crippen LogP contribution in [0.1, 0.15) is 27.2 Å². The van der Waals surface area contributed by atoms with Crippen molar-refractivity contribution < 1.29 is 18.9 Å². The standard InChI is InChI=1S/C33H33N5O5/c1-35(2)27-13-9-24(10-14-27)21-36(18-17-26-20-34-31-8-4-3-7-30(26)31)32(39)23-37(22-29-6-5-19-43-29)33(40)25-11-15-28(16-12-25)38(41)42/h3-16,19-20,34H,17-18,21-23H2,1-2H3. The fraction of sp³-hybridized carbons (Fsp3) is 0.212. The topological polar surface area (TPSA) is 116 Å². The number of nitrogens with one attached hydrogen (secondary N) is 1. The van der Waals surface area contributed by atoms with Crippen LogP contribution in [0.15, 0.2) is 102 Å². The first kappa shape index (κ1) is 29.1. The van der Waals surface area contributed by atoms with Gasteiger partial charge in [0.2, 0.25) is 5.91 Å². The van der Waals surface area contributed by atoms with Crippen LogP contribution in [0.4, 0.5) is 11.4 Å². The van der Waals surface area contributed by atoms with Crippen molar-refractivity contribution in [2.75, 3.05) is 32.1 Å². The Bertz CT molecular complexity index is 1690. The van der Waals surface area contributed by atoms with Gasteiger partial charge < -0.3 is 24.1 Å². The highest BCUT2D eigenvalue weighted by Gasteiger charge is 2.24. The van der Waals surface area contributed by atoms with Crippen molar-refractivity contribution in [1.82, 2.24) is 14.8 Å². The first-order chi connectivity index (χ1) is 20.8. The maximum absolute atomic E-state index is 14.0. The number of aromatic amines is 1. The Morgan fingerprint density at radius 1 is 0.884 bits per heavy atom. The van der Waals surface area contributed by atoms with Gasteiger partial charge in [-0.15, -0.1) is 0 Å².